The molecule has 1 aliphatic heterocycles. The number of carbonyl (C=O) groups is 1. The molecule has 2 fully saturated rings. The molecule has 2 unspecified atom stereocenters. The predicted octanol–water partition coefficient (Wildman–Crippen LogP) is 1.35. The fraction of sp³-hybridized carbons (Fsp3) is 0.917. The summed E-state index contributed by atoms with van der Waals surface area (Å²) in [5, 5.41) is 9.17. The van der Waals surface area contributed by atoms with E-state index in [1.807, 2.05) is 0 Å². The standard InChI is InChI=1S/C12H21NO3/c1-2-6-13(9-4-3-5-9)11-8-16-7-10(11)12(14)15/h9-11H,2-8H2,1H3,(H,14,15). The third-order valence-corrected chi connectivity index (χ3v) is 3.82. The Labute approximate surface area is 96.6 Å². The monoisotopic (exact) mass is 227 g/mol. The lowest BCUT2D eigenvalue weighted by Crippen LogP contribution is -2.51. The molecule has 92 valence electrons. The third kappa shape index (κ3) is 2.23. The first-order valence-electron chi connectivity index (χ1n) is 6.30. The largest absolute Gasteiger partial charge is 0.481 e. The van der Waals surface area contributed by atoms with Crippen LogP contribution < -0.4 is 0 Å². The van der Waals surface area contributed by atoms with Crippen LogP contribution in [-0.4, -0.2) is 47.8 Å². The van der Waals surface area contributed by atoms with Crippen molar-refractivity contribution in [2.24, 2.45) is 5.92 Å². The number of hydrogen-bond acceptors (Lipinski definition) is 3. The van der Waals surface area contributed by atoms with E-state index in [0.29, 0.717) is 19.3 Å². The molecule has 0 aromatic rings. The highest BCUT2D eigenvalue weighted by Gasteiger charge is 2.41. The minimum atomic E-state index is -0.706. The molecule has 2 atom stereocenters. The highest BCUT2D eigenvalue weighted by atomic mass is 16.5. The maximum atomic E-state index is 11.1. The van der Waals surface area contributed by atoms with Crippen LogP contribution in [0.25, 0.3) is 0 Å². The summed E-state index contributed by atoms with van der Waals surface area (Å²) < 4.78 is 5.35. The van der Waals surface area contributed by atoms with Gasteiger partial charge in [0.25, 0.3) is 0 Å². The summed E-state index contributed by atoms with van der Waals surface area (Å²) in [5.74, 6) is -1.03. The number of aliphatic carboxylic acids is 1. The second-order valence-corrected chi connectivity index (χ2v) is 4.87. The summed E-state index contributed by atoms with van der Waals surface area (Å²) in [6.07, 6.45) is 4.82. The Kier molecular flexibility index (Phi) is 3.82. The molecule has 16 heavy (non-hydrogen) atoms. The fourth-order valence-electron chi connectivity index (χ4n) is 2.70. The minimum absolute atomic E-state index is 0.0998. The van der Waals surface area contributed by atoms with E-state index < -0.39 is 5.97 Å². The van der Waals surface area contributed by atoms with Crippen molar-refractivity contribution in [1.29, 1.82) is 0 Å². The van der Waals surface area contributed by atoms with E-state index in [2.05, 4.69) is 11.8 Å². The molecule has 0 bridgehead atoms. The summed E-state index contributed by atoms with van der Waals surface area (Å²) in [6.45, 7) is 4.13. The molecule has 0 aromatic heterocycles. The van der Waals surface area contributed by atoms with Gasteiger partial charge in [0.1, 0.15) is 0 Å². The zero-order valence-electron chi connectivity index (χ0n) is 9.89. The number of hydrogen-bond donors (Lipinski definition) is 1. The van der Waals surface area contributed by atoms with Crippen LogP contribution in [0.2, 0.25) is 0 Å². The van der Waals surface area contributed by atoms with Crippen molar-refractivity contribution in [2.45, 2.75) is 44.7 Å². The first kappa shape index (κ1) is 11.9. The van der Waals surface area contributed by atoms with Crippen LogP contribution in [-0.2, 0) is 9.53 Å². The molecular formula is C12H21NO3. The SMILES string of the molecule is CCCN(C1CCC1)C1COCC1C(=O)O. The Morgan fingerprint density at radius 2 is 2.19 bits per heavy atom. The molecule has 2 rings (SSSR count). The van der Waals surface area contributed by atoms with E-state index in [1.54, 1.807) is 0 Å². The van der Waals surface area contributed by atoms with Gasteiger partial charge in [-0.2, -0.15) is 0 Å². The molecule has 0 aromatic carbocycles. The topological polar surface area (TPSA) is 49.8 Å². The highest BCUT2D eigenvalue weighted by Crippen LogP contribution is 2.31. The summed E-state index contributed by atoms with van der Waals surface area (Å²) in [5.41, 5.74) is 0. The van der Waals surface area contributed by atoms with E-state index in [1.165, 1.54) is 19.3 Å². The van der Waals surface area contributed by atoms with E-state index in [0.717, 1.165) is 13.0 Å². The molecule has 4 nitrogen and oxygen atoms in total. The molecule has 4 heteroatoms. The average Bonchev–Trinajstić information content (AvgIpc) is 2.62. The Balaban J connectivity index is 2.02. The van der Waals surface area contributed by atoms with Crippen molar-refractivity contribution in [3.05, 3.63) is 0 Å². The van der Waals surface area contributed by atoms with Crippen molar-refractivity contribution in [1.82, 2.24) is 4.90 Å². The van der Waals surface area contributed by atoms with Crippen molar-refractivity contribution >= 4 is 5.97 Å². The summed E-state index contributed by atoms with van der Waals surface area (Å²) in [4.78, 5) is 13.5. The zero-order valence-corrected chi connectivity index (χ0v) is 9.89. The first-order valence-corrected chi connectivity index (χ1v) is 6.30. The van der Waals surface area contributed by atoms with Gasteiger partial charge in [-0.3, -0.25) is 9.69 Å². The third-order valence-electron chi connectivity index (χ3n) is 3.82. The molecule has 2 aliphatic rings. The number of carboxylic acid groups (broad SMARTS) is 1. The maximum Gasteiger partial charge on any atom is 0.310 e. The quantitative estimate of drug-likeness (QED) is 0.770. The molecule has 1 saturated carbocycles. The van der Waals surface area contributed by atoms with Gasteiger partial charge >= 0.3 is 5.97 Å². The number of rotatable bonds is 5. The number of nitrogens with zero attached hydrogens (tertiary/aromatic N) is 1. The van der Waals surface area contributed by atoms with Gasteiger partial charge in [-0.05, 0) is 25.8 Å². The van der Waals surface area contributed by atoms with Crippen LogP contribution >= 0.6 is 0 Å². The van der Waals surface area contributed by atoms with Gasteiger partial charge in [-0.15, -0.1) is 0 Å². The summed E-state index contributed by atoms with van der Waals surface area (Å²) in [7, 11) is 0. The van der Waals surface area contributed by atoms with Crippen LogP contribution in [0, 0.1) is 5.92 Å². The predicted molar refractivity (Wildman–Crippen MR) is 60.4 cm³/mol. The normalized spacial score (nSPS) is 30.6. The van der Waals surface area contributed by atoms with E-state index in [9.17, 15) is 4.79 Å². The lowest BCUT2D eigenvalue weighted by Gasteiger charge is -2.41. The van der Waals surface area contributed by atoms with Gasteiger partial charge in [-0.1, -0.05) is 13.3 Å². The fourth-order valence-corrected chi connectivity index (χ4v) is 2.70. The second-order valence-electron chi connectivity index (χ2n) is 4.87. The smallest absolute Gasteiger partial charge is 0.310 e. The highest BCUT2D eigenvalue weighted by molar-refractivity contribution is 5.71. The molecule has 1 saturated heterocycles. The van der Waals surface area contributed by atoms with Gasteiger partial charge < -0.3 is 9.84 Å². The van der Waals surface area contributed by atoms with Gasteiger partial charge in [0.05, 0.1) is 19.1 Å². The Hall–Kier alpha value is -0.610. The lowest BCUT2D eigenvalue weighted by atomic mass is 9.88. The lowest BCUT2D eigenvalue weighted by molar-refractivity contribution is -0.143. The van der Waals surface area contributed by atoms with Crippen LogP contribution in [0.15, 0.2) is 0 Å². The van der Waals surface area contributed by atoms with Gasteiger partial charge in [0, 0.05) is 12.1 Å². The molecular weight excluding hydrogens is 206 g/mol. The Morgan fingerprint density at radius 3 is 2.69 bits per heavy atom. The van der Waals surface area contributed by atoms with Crippen molar-refractivity contribution in [3.8, 4) is 0 Å². The average molecular weight is 227 g/mol. The Bertz CT molecular complexity index is 253. The van der Waals surface area contributed by atoms with Crippen LogP contribution in [0.1, 0.15) is 32.6 Å². The summed E-state index contributed by atoms with van der Waals surface area (Å²) >= 11 is 0. The van der Waals surface area contributed by atoms with E-state index >= 15 is 0 Å². The zero-order chi connectivity index (χ0) is 11.5. The number of ether oxygens (including phenoxy) is 1. The number of carboxylic acids is 1. The Morgan fingerprint density at radius 1 is 1.44 bits per heavy atom. The van der Waals surface area contributed by atoms with Gasteiger partial charge in [-0.25, -0.2) is 0 Å². The van der Waals surface area contributed by atoms with Crippen LogP contribution in [0.3, 0.4) is 0 Å². The van der Waals surface area contributed by atoms with Crippen molar-refractivity contribution < 1.29 is 14.6 Å². The molecule has 1 aliphatic carbocycles. The van der Waals surface area contributed by atoms with E-state index in [4.69, 9.17) is 9.84 Å². The van der Waals surface area contributed by atoms with Gasteiger partial charge in [0.2, 0.25) is 0 Å². The van der Waals surface area contributed by atoms with E-state index in [-0.39, 0.29) is 12.0 Å². The molecule has 0 amide bonds. The van der Waals surface area contributed by atoms with Crippen molar-refractivity contribution in [3.63, 3.8) is 0 Å². The molecule has 1 N–H and O–H groups in total. The minimum Gasteiger partial charge on any atom is -0.481 e. The molecule has 0 spiro atoms. The van der Waals surface area contributed by atoms with Crippen LogP contribution in [0.4, 0.5) is 0 Å². The molecule has 0 radical (unpaired) electrons. The van der Waals surface area contributed by atoms with Crippen molar-refractivity contribution in [2.75, 3.05) is 19.8 Å². The molecule has 1 heterocycles. The summed E-state index contributed by atoms with van der Waals surface area (Å²) in [6, 6.07) is 0.705. The van der Waals surface area contributed by atoms with Gasteiger partial charge in [0.15, 0.2) is 0 Å². The maximum absolute atomic E-state index is 11.1. The second kappa shape index (κ2) is 5.15. The van der Waals surface area contributed by atoms with Crippen LogP contribution in [0.5, 0.6) is 0 Å². The first-order chi connectivity index (χ1) is 7.74.